The topological polar surface area (TPSA) is 57.0 Å². The molecule has 2 heterocycles. The fraction of sp³-hybridized carbons (Fsp3) is 0.154. The summed E-state index contributed by atoms with van der Waals surface area (Å²) >= 11 is 0. The monoisotopic (exact) mass is 227 g/mol. The lowest BCUT2D eigenvalue weighted by Gasteiger charge is -2.04. The van der Waals surface area contributed by atoms with E-state index in [-0.39, 0.29) is 0 Å². The van der Waals surface area contributed by atoms with Crippen LogP contribution in [-0.4, -0.2) is 9.55 Å². The lowest BCUT2D eigenvalue weighted by molar-refractivity contribution is 0.562. The lowest BCUT2D eigenvalue weighted by Crippen LogP contribution is -2.00. The molecule has 0 aliphatic heterocycles. The van der Waals surface area contributed by atoms with E-state index in [9.17, 15) is 0 Å². The summed E-state index contributed by atoms with van der Waals surface area (Å²) in [7, 11) is 0. The quantitative estimate of drug-likeness (QED) is 0.684. The van der Waals surface area contributed by atoms with Crippen LogP contribution in [0.25, 0.3) is 11.0 Å². The molecule has 2 N–H and O–H groups in total. The first-order valence-electron chi connectivity index (χ1n) is 5.47. The first kappa shape index (κ1) is 9.96. The molecule has 0 saturated carbocycles. The van der Waals surface area contributed by atoms with Crippen molar-refractivity contribution in [3.05, 3.63) is 48.2 Å². The number of nitrogens with two attached hydrogens (primary N) is 1. The van der Waals surface area contributed by atoms with Gasteiger partial charge in [-0.05, 0) is 31.2 Å². The minimum absolute atomic E-state index is 0.741. The van der Waals surface area contributed by atoms with Crippen LogP contribution in [0, 0.1) is 6.92 Å². The Morgan fingerprint density at radius 2 is 2.24 bits per heavy atom. The van der Waals surface area contributed by atoms with Crippen molar-refractivity contribution in [2.45, 2.75) is 13.5 Å². The molecular formula is C13H13N3O. The maximum Gasteiger partial charge on any atom is 0.107 e. The average molecular weight is 227 g/mol. The van der Waals surface area contributed by atoms with E-state index in [0.717, 1.165) is 34.7 Å². The number of nitrogen functional groups attached to an aromatic ring is 1. The largest absolute Gasteiger partial charge is 0.472 e. The molecule has 3 aromatic rings. The highest BCUT2D eigenvalue weighted by atomic mass is 16.3. The maximum atomic E-state index is 5.75. The second-order valence-corrected chi connectivity index (χ2v) is 4.12. The van der Waals surface area contributed by atoms with E-state index in [0.29, 0.717) is 0 Å². The first-order valence-corrected chi connectivity index (χ1v) is 5.47. The molecule has 0 radical (unpaired) electrons. The summed E-state index contributed by atoms with van der Waals surface area (Å²) in [5.41, 5.74) is 9.66. The predicted molar refractivity (Wildman–Crippen MR) is 66.7 cm³/mol. The number of aryl methyl sites for hydroxylation is 1. The summed E-state index contributed by atoms with van der Waals surface area (Å²) in [5, 5.41) is 0. The molecule has 4 heteroatoms. The number of rotatable bonds is 2. The molecule has 0 spiro atoms. The van der Waals surface area contributed by atoms with Crippen LogP contribution in [-0.2, 0) is 6.54 Å². The second kappa shape index (κ2) is 3.66. The maximum absolute atomic E-state index is 5.75. The number of furan rings is 1. The van der Waals surface area contributed by atoms with Gasteiger partial charge in [-0.25, -0.2) is 4.98 Å². The van der Waals surface area contributed by atoms with E-state index in [1.54, 1.807) is 12.5 Å². The minimum Gasteiger partial charge on any atom is -0.472 e. The van der Waals surface area contributed by atoms with Gasteiger partial charge in [-0.15, -0.1) is 0 Å². The highest BCUT2D eigenvalue weighted by Crippen LogP contribution is 2.20. The minimum atomic E-state index is 0.741. The van der Waals surface area contributed by atoms with Crippen LogP contribution < -0.4 is 5.73 Å². The van der Waals surface area contributed by atoms with Crippen molar-refractivity contribution in [1.82, 2.24) is 9.55 Å². The number of aromatic nitrogens is 2. The van der Waals surface area contributed by atoms with Gasteiger partial charge >= 0.3 is 0 Å². The van der Waals surface area contributed by atoms with Crippen molar-refractivity contribution in [2.75, 3.05) is 5.73 Å². The number of hydrogen-bond acceptors (Lipinski definition) is 3. The fourth-order valence-corrected chi connectivity index (χ4v) is 2.03. The summed E-state index contributed by atoms with van der Waals surface area (Å²) in [6, 6.07) is 7.76. The molecule has 1 aromatic carbocycles. The molecule has 0 fully saturated rings. The number of anilines is 1. The summed E-state index contributed by atoms with van der Waals surface area (Å²) in [6.45, 7) is 2.76. The van der Waals surface area contributed by atoms with Crippen molar-refractivity contribution in [1.29, 1.82) is 0 Å². The van der Waals surface area contributed by atoms with Gasteiger partial charge in [0.15, 0.2) is 0 Å². The standard InChI is InChI=1S/C13H13N3O/c1-9-15-12-6-11(14)2-3-13(12)16(9)7-10-4-5-17-8-10/h2-6,8H,7,14H2,1H3. The Labute approximate surface area is 98.7 Å². The number of hydrogen-bond donors (Lipinski definition) is 1. The van der Waals surface area contributed by atoms with Crippen molar-refractivity contribution >= 4 is 16.7 Å². The molecule has 4 nitrogen and oxygen atoms in total. The summed E-state index contributed by atoms with van der Waals surface area (Å²) < 4.78 is 7.23. The third-order valence-electron chi connectivity index (χ3n) is 2.88. The summed E-state index contributed by atoms with van der Waals surface area (Å²) in [6.07, 6.45) is 3.43. The van der Waals surface area contributed by atoms with Gasteiger partial charge in [-0.1, -0.05) is 0 Å². The van der Waals surface area contributed by atoms with Gasteiger partial charge in [-0.3, -0.25) is 0 Å². The van der Waals surface area contributed by atoms with Crippen LogP contribution in [0.5, 0.6) is 0 Å². The average Bonchev–Trinajstić information content (AvgIpc) is 2.88. The Kier molecular flexibility index (Phi) is 2.14. The molecule has 3 rings (SSSR count). The Balaban J connectivity index is 2.12. The zero-order valence-electron chi connectivity index (χ0n) is 9.55. The SMILES string of the molecule is Cc1nc2cc(N)ccc2n1Cc1ccoc1. The lowest BCUT2D eigenvalue weighted by atomic mass is 10.2. The van der Waals surface area contributed by atoms with Gasteiger partial charge in [0.2, 0.25) is 0 Å². The Hall–Kier alpha value is -2.23. The molecule has 0 amide bonds. The Morgan fingerprint density at radius 1 is 1.35 bits per heavy atom. The van der Waals surface area contributed by atoms with Gasteiger partial charge in [0, 0.05) is 11.3 Å². The first-order chi connectivity index (χ1) is 8.24. The van der Waals surface area contributed by atoms with Crippen LogP contribution in [0.2, 0.25) is 0 Å². The van der Waals surface area contributed by atoms with Crippen molar-refractivity contribution in [3.63, 3.8) is 0 Å². The third-order valence-corrected chi connectivity index (χ3v) is 2.88. The third kappa shape index (κ3) is 1.67. The number of imidazole rings is 1. The van der Waals surface area contributed by atoms with Gasteiger partial charge in [0.25, 0.3) is 0 Å². The van der Waals surface area contributed by atoms with Crippen LogP contribution in [0.15, 0.2) is 41.2 Å². The smallest absolute Gasteiger partial charge is 0.107 e. The summed E-state index contributed by atoms with van der Waals surface area (Å²) in [5.74, 6) is 0.979. The van der Waals surface area contributed by atoms with Gasteiger partial charge in [0.05, 0.1) is 30.1 Å². The molecule has 2 aromatic heterocycles. The van der Waals surface area contributed by atoms with Crippen LogP contribution in [0.4, 0.5) is 5.69 Å². The molecular weight excluding hydrogens is 214 g/mol. The van der Waals surface area contributed by atoms with E-state index in [2.05, 4.69) is 9.55 Å². The van der Waals surface area contributed by atoms with Crippen molar-refractivity contribution in [2.24, 2.45) is 0 Å². The van der Waals surface area contributed by atoms with E-state index in [4.69, 9.17) is 10.2 Å². The van der Waals surface area contributed by atoms with Gasteiger partial charge in [0.1, 0.15) is 5.82 Å². The molecule has 86 valence electrons. The zero-order valence-corrected chi connectivity index (χ0v) is 9.55. The molecule has 0 aliphatic carbocycles. The second-order valence-electron chi connectivity index (χ2n) is 4.12. The molecule has 0 unspecified atom stereocenters. The van der Waals surface area contributed by atoms with E-state index >= 15 is 0 Å². The molecule has 17 heavy (non-hydrogen) atoms. The Bertz CT molecular complexity index is 653. The highest BCUT2D eigenvalue weighted by Gasteiger charge is 2.08. The number of fused-ring (bicyclic) bond motifs is 1. The fourth-order valence-electron chi connectivity index (χ4n) is 2.03. The number of benzene rings is 1. The predicted octanol–water partition coefficient (Wildman–Crippen LogP) is 2.57. The molecule has 0 bridgehead atoms. The summed E-state index contributed by atoms with van der Waals surface area (Å²) in [4.78, 5) is 4.51. The molecule has 0 atom stereocenters. The van der Waals surface area contributed by atoms with Gasteiger partial charge in [-0.2, -0.15) is 0 Å². The number of nitrogens with zero attached hydrogens (tertiary/aromatic N) is 2. The van der Waals surface area contributed by atoms with E-state index in [1.807, 2.05) is 31.2 Å². The van der Waals surface area contributed by atoms with Crippen molar-refractivity contribution < 1.29 is 4.42 Å². The van der Waals surface area contributed by atoms with Crippen molar-refractivity contribution in [3.8, 4) is 0 Å². The van der Waals surface area contributed by atoms with E-state index in [1.165, 1.54) is 0 Å². The molecule has 0 aliphatic rings. The normalized spacial score (nSPS) is 11.1. The molecule has 0 saturated heterocycles. The Morgan fingerprint density at radius 3 is 3.00 bits per heavy atom. The van der Waals surface area contributed by atoms with Crippen LogP contribution >= 0.6 is 0 Å². The van der Waals surface area contributed by atoms with Crippen LogP contribution in [0.1, 0.15) is 11.4 Å². The zero-order chi connectivity index (χ0) is 11.8. The van der Waals surface area contributed by atoms with Crippen LogP contribution in [0.3, 0.4) is 0 Å². The van der Waals surface area contributed by atoms with E-state index < -0.39 is 0 Å². The van der Waals surface area contributed by atoms with Gasteiger partial charge < -0.3 is 14.7 Å². The highest BCUT2D eigenvalue weighted by molar-refractivity contribution is 5.79.